The van der Waals surface area contributed by atoms with Gasteiger partial charge >= 0.3 is 0 Å². The molecular weight excluding hydrogens is 889 g/mol. The SMILES string of the molecule is Cc1ncsc1-c1ccc([C@H](C)NC(=O)[C@@H]2C[C@@H](O)CN2C(=O)[C@@H](NC(=O)CCOCCN(CCc2c[nH]c3ccccc23)Cc2ccc(/C=C/C(=O)Nc3ccccc3N)cc2)C(C)(C)C)cc1. The lowest BCUT2D eigenvalue weighted by atomic mass is 9.85. The molecule has 0 aliphatic carbocycles. The van der Waals surface area contributed by atoms with Crippen molar-refractivity contribution in [3.63, 3.8) is 0 Å². The zero-order valence-corrected chi connectivity index (χ0v) is 40.9. The normalized spacial score (nSPS) is 16.0. The zero-order valence-electron chi connectivity index (χ0n) is 40.0. The topological polar surface area (TPSA) is 195 Å². The van der Waals surface area contributed by atoms with E-state index in [1.807, 2.05) is 113 Å². The van der Waals surface area contributed by atoms with Crippen LogP contribution in [0.15, 0.2) is 115 Å². The molecule has 4 aromatic carbocycles. The summed E-state index contributed by atoms with van der Waals surface area (Å²) in [4.78, 5) is 66.6. The van der Waals surface area contributed by atoms with Crippen molar-refractivity contribution in [1.29, 1.82) is 0 Å². The quantitative estimate of drug-likeness (QED) is 0.0253. The Morgan fingerprint density at radius 3 is 2.43 bits per heavy atom. The fraction of sp³-hybridized carbons (Fsp3) is 0.352. The predicted octanol–water partition coefficient (Wildman–Crippen LogP) is 7.66. The molecule has 1 saturated heterocycles. The summed E-state index contributed by atoms with van der Waals surface area (Å²) in [6.07, 6.45) is 5.37. The van der Waals surface area contributed by atoms with Gasteiger partial charge in [-0.25, -0.2) is 4.98 Å². The molecule has 69 heavy (non-hydrogen) atoms. The molecule has 7 rings (SSSR count). The van der Waals surface area contributed by atoms with Gasteiger partial charge in [-0.1, -0.05) is 99.6 Å². The minimum atomic E-state index is -0.946. The first-order chi connectivity index (χ1) is 33.1. The van der Waals surface area contributed by atoms with Crippen molar-refractivity contribution in [3.05, 3.63) is 143 Å². The molecule has 3 heterocycles. The fourth-order valence-electron chi connectivity index (χ4n) is 8.55. The maximum absolute atomic E-state index is 14.2. The summed E-state index contributed by atoms with van der Waals surface area (Å²) in [7, 11) is 0. The average molecular weight is 953 g/mol. The molecular formula is C54H64N8O6S. The number of H-pyrrole nitrogens is 1. The number of benzene rings is 4. The molecule has 15 heteroatoms. The minimum absolute atomic E-state index is 0.0120. The first kappa shape index (κ1) is 50.2. The molecule has 0 bridgehead atoms. The molecule has 7 N–H and O–H groups in total. The van der Waals surface area contributed by atoms with E-state index in [2.05, 4.69) is 49.1 Å². The van der Waals surface area contributed by atoms with Crippen LogP contribution in [0.4, 0.5) is 11.4 Å². The van der Waals surface area contributed by atoms with Gasteiger partial charge in [0, 0.05) is 62.2 Å². The molecule has 6 aromatic rings. The number of fused-ring (bicyclic) bond motifs is 1. The molecule has 1 fully saturated rings. The number of thiazole rings is 1. The third-order valence-corrected chi connectivity index (χ3v) is 13.5. The number of anilines is 2. The Morgan fingerprint density at radius 2 is 1.71 bits per heavy atom. The molecule has 4 atom stereocenters. The highest BCUT2D eigenvalue weighted by atomic mass is 32.1. The van der Waals surface area contributed by atoms with Gasteiger partial charge in [0.05, 0.1) is 52.8 Å². The number of nitrogen functional groups attached to an aromatic ring is 1. The van der Waals surface area contributed by atoms with Crippen molar-refractivity contribution in [1.82, 2.24) is 30.4 Å². The first-order valence-corrected chi connectivity index (χ1v) is 24.4. The predicted molar refractivity (Wildman–Crippen MR) is 274 cm³/mol. The van der Waals surface area contributed by atoms with Gasteiger partial charge in [0.1, 0.15) is 12.1 Å². The van der Waals surface area contributed by atoms with Crippen LogP contribution in [-0.2, 0) is 36.9 Å². The molecule has 2 aromatic heterocycles. The van der Waals surface area contributed by atoms with E-state index in [0.29, 0.717) is 31.1 Å². The Kier molecular flexibility index (Phi) is 16.8. The van der Waals surface area contributed by atoms with E-state index < -0.39 is 29.5 Å². The summed E-state index contributed by atoms with van der Waals surface area (Å²) < 4.78 is 6.05. The number of rotatable bonds is 20. The number of hydrogen-bond acceptors (Lipinski definition) is 10. The molecule has 0 unspecified atom stereocenters. The second-order valence-corrected chi connectivity index (χ2v) is 19.6. The van der Waals surface area contributed by atoms with Crippen LogP contribution in [0.3, 0.4) is 0 Å². The Balaban J connectivity index is 0.913. The third-order valence-electron chi connectivity index (χ3n) is 12.5. The van der Waals surface area contributed by atoms with E-state index in [9.17, 15) is 24.3 Å². The van der Waals surface area contributed by atoms with Crippen molar-refractivity contribution in [2.24, 2.45) is 5.41 Å². The number of likely N-dealkylation sites (tertiary alicyclic amines) is 1. The molecule has 0 saturated carbocycles. The number of nitrogens with zero attached hydrogens (tertiary/aromatic N) is 3. The number of aliphatic hydroxyl groups excluding tert-OH is 1. The lowest BCUT2D eigenvalue weighted by Crippen LogP contribution is -2.58. The highest BCUT2D eigenvalue weighted by molar-refractivity contribution is 7.13. The standard InChI is InChI=1S/C54H64N8O6S/c1-35(39-19-21-40(22-20-39)50-36(2)57-34-69-50)58-52(66)47-30-42(63)33-62(47)53(67)51(54(3,4)5)60-49(65)25-28-68-29-27-61(26-24-41-31-56-45-12-8-6-10-43(41)45)32-38-16-14-37(15-17-38)18-23-48(64)59-46-13-9-7-11-44(46)55/h6-23,31,34-35,42,47,51,56,63H,24-30,32-33,55H2,1-5H3,(H,58,66)(H,59,64)(H,60,65)/b23-18+/t35-,42+,47-,51+/m0/s1. The number of aliphatic hydroxyl groups is 1. The second-order valence-electron chi connectivity index (χ2n) is 18.8. The van der Waals surface area contributed by atoms with Gasteiger partial charge in [-0.2, -0.15) is 0 Å². The summed E-state index contributed by atoms with van der Waals surface area (Å²) in [6.45, 7) is 12.0. The van der Waals surface area contributed by atoms with Crippen LogP contribution < -0.4 is 21.7 Å². The number of ether oxygens (including phenoxy) is 1. The number of carbonyl (C=O) groups is 4. The Labute approximate surface area is 408 Å². The Bertz CT molecular complexity index is 2730. The van der Waals surface area contributed by atoms with Gasteiger partial charge in [0.2, 0.25) is 23.6 Å². The maximum atomic E-state index is 14.2. The lowest BCUT2D eigenvalue weighted by Gasteiger charge is -2.35. The molecule has 1 aliphatic heterocycles. The fourth-order valence-corrected chi connectivity index (χ4v) is 9.36. The zero-order chi connectivity index (χ0) is 49.1. The summed E-state index contributed by atoms with van der Waals surface area (Å²) >= 11 is 1.58. The van der Waals surface area contributed by atoms with Crippen molar-refractivity contribution >= 4 is 63.3 Å². The molecule has 362 valence electrons. The summed E-state index contributed by atoms with van der Waals surface area (Å²) in [6, 6.07) is 29.2. The number of carbonyl (C=O) groups excluding carboxylic acids is 4. The van der Waals surface area contributed by atoms with E-state index >= 15 is 0 Å². The van der Waals surface area contributed by atoms with E-state index in [-0.39, 0.29) is 49.8 Å². The summed E-state index contributed by atoms with van der Waals surface area (Å²) in [5.74, 6) is -1.40. The monoisotopic (exact) mass is 952 g/mol. The average Bonchev–Trinajstić information content (AvgIpc) is 4.07. The largest absolute Gasteiger partial charge is 0.397 e. The van der Waals surface area contributed by atoms with Crippen LogP contribution in [0.25, 0.3) is 27.4 Å². The lowest BCUT2D eigenvalue weighted by molar-refractivity contribution is -0.144. The first-order valence-electron chi connectivity index (χ1n) is 23.5. The van der Waals surface area contributed by atoms with Crippen LogP contribution in [0.2, 0.25) is 0 Å². The number of aromatic nitrogens is 2. The van der Waals surface area contributed by atoms with Gasteiger partial charge in [-0.15, -0.1) is 11.3 Å². The molecule has 0 radical (unpaired) electrons. The Hall–Kier alpha value is -6.65. The highest BCUT2D eigenvalue weighted by Crippen LogP contribution is 2.30. The number of para-hydroxylation sites is 3. The highest BCUT2D eigenvalue weighted by Gasteiger charge is 2.44. The molecule has 14 nitrogen and oxygen atoms in total. The smallest absolute Gasteiger partial charge is 0.248 e. The third kappa shape index (κ3) is 13.5. The van der Waals surface area contributed by atoms with Crippen molar-refractivity contribution < 1.29 is 29.0 Å². The minimum Gasteiger partial charge on any atom is -0.397 e. The molecule has 4 amide bonds. The van der Waals surface area contributed by atoms with E-state index in [1.165, 1.54) is 21.9 Å². The maximum Gasteiger partial charge on any atom is 0.248 e. The van der Waals surface area contributed by atoms with Gasteiger partial charge in [0.25, 0.3) is 0 Å². The van der Waals surface area contributed by atoms with E-state index in [4.69, 9.17) is 10.5 Å². The number of nitrogens with one attached hydrogen (secondary N) is 4. The van der Waals surface area contributed by atoms with Crippen LogP contribution in [-0.4, -0.2) is 99.5 Å². The Morgan fingerprint density at radius 1 is 0.971 bits per heavy atom. The van der Waals surface area contributed by atoms with E-state index in [1.54, 1.807) is 29.5 Å². The summed E-state index contributed by atoms with van der Waals surface area (Å²) in [5.41, 5.74) is 15.4. The van der Waals surface area contributed by atoms with Crippen LogP contribution in [0, 0.1) is 12.3 Å². The van der Waals surface area contributed by atoms with Crippen LogP contribution in [0.5, 0.6) is 0 Å². The number of hydrogen-bond donors (Lipinski definition) is 6. The summed E-state index contributed by atoms with van der Waals surface area (Å²) in [5, 5.41) is 20.7. The molecule has 1 aliphatic rings. The van der Waals surface area contributed by atoms with Crippen molar-refractivity contribution in [2.45, 2.75) is 84.7 Å². The number of β-amino-alcohol motifs (C(OH)–C–C–N with tert-alkyl or cyclic N) is 1. The van der Waals surface area contributed by atoms with E-state index in [0.717, 1.165) is 51.3 Å². The van der Waals surface area contributed by atoms with Crippen molar-refractivity contribution in [3.8, 4) is 10.4 Å². The number of aromatic amines is 1. The van der Waals surface area contributed by atoms with Crippen LogP contribution >= 0.6 is 11.3 Å². The van der Waals surface area contributed by atoms with Crippen LogP contribution in [0.1, 0.15) is 74.5 Å². The second kappa shape index (κ2) is 23.1. The van der Waals surface area contributed by atoms with Gasteiger partial charge in [-0.05, 0) is 77.8 Å². The number of nitrogens with two attached hydrogens (primary N) is 1. The van der Waals surface area contributed by atoms with Gasteiger partial charge in [-0.3, -0.25) is 24.1 Å². The number of aryl methyl sites for hydroxylation is 1. The molecule has 0 spiro atoms. The number of amides is 4. The van der Waals surface area contributed by atoms with Gasteiger partial charge in [0.15, 0.2) is 0 Å². The van der Waals surface area contributed by atoms with Crippen molar-refractivity contribution in [2.75, 3.05) is 43.9 Å². The van der Waals surface area contributed by atoms with Gasteiger partial charge < -0.3 is 41.4 Å².